The molecule has 1 aromatic carbocycles. The van der Waals surface area contributed by atoms with Crippen molar-refractivity contribution in [2.24, 2.45) is 0 Å². The largest absolute Gasteiger partial charge is 0.367 e. The van der Waals surface area contributed by atoms with Gasteiger partial charge in [-0.3, -0.25) is 10.00 Å². The van der Waals surface area contributed by atoms with Gasteiger partial charge in [-0.2, -0.15) is 0 Å². The summed E-state index contributed by atoms with van der Waals surface area (Å²) in [4.78, 5) is 8.86. The molecule has 5 nitrogen and oxygen atoms in total. The Morgan fingerprint density at radius 1 is 1.17 bits per heavy atom. The van der Waals surface area contributed by atoms with Crippen LogP contribution >= 0.6 is 12.2 Å². The van der Waals surface area contributed by atoms with E-state index in [9.17, 15) is 4.39 Å². The summed E-state index contributed by atoms with van der Waals surface area (Å²) in [5, 5.41) is 3.31. The van der Waals surface area contributed by atoms with Crippen LogP contribution in [0.1, 0.15) is 26.6 Å². The summed E-state index contributed by atoms with van der Waals surface area (Å²) in [6.07, 6.45) is 0. The molecule has 1 saturated heterocycles. The lowest BCUT2D eigenvalue weighted by Gasteiger charge is -2.36. The SMILES string of the molecule is CC(C)(C)c1nc(=S)n(CN2CCN(c3ccccc3F)CC2)[nH]1. The maximum absolute atomic E-state index is 13.9. The smallest absolute Gasteiger partial charge is 0.217 e. The average Bonchev–Trinajstić information content (AvgIpc) is 2.90. The molecule has 0 amide bonds. The number of nitrogens with zero attached hydrogens (tertiary/aromatic N) is 4. The van der Waals surface area contributed by atoms with E-state index in [1.807, 2.05) is 16.8 Å². The molecule has 0 bridgehead atoms. The van der Waals surface area contributed by atoms with Crippen molar-refractivity contribution in [3.63, 3.8) is 0 Å². The summed E-state index contributed by atoms with van der Waals surface area (Å²) in [5.74, 6) is 0.744. The van der Waals surface area contributed by atoms with E-state index in [0.717, 1.165) is 32.0 Å². The summed E-state index contributed by atoms with van der Waals surface area (Å²) in [6.45, 7) is 10.3. The molecule has 7 heteroatoms. The van der Waals surface area contributed by atoms with Crippen LogP contribution < -0.4 is 4.90 Å². The molecule has 1 fully saturated rings. The van der Waals surface area contributed by atoms with Crippen LogP contribution in [0.2, 0.25) is 0 Å². The number of anilines is 1. The van der Waals surface area contributed by atoms with Crippen LogP contribution in [-0.4, -0.2) is 45.8 Å². The van der Waals surface area contributed by atoms with Gasteiger partial charge >= 0.3 is 0 Å². The fourth-order valence-corrected chi connectivity index (χ4v) is 3.02. The maximum atomic E-state index is 13.9. The Morgan fingerprint density at radius 3 is 2.42 bits per heavy atom. The first-order valence-corrected chi connectivity index (χ1v) is 8.64. The highest BCUT2D eigenvalue weighted by molar-refractivity contribution is 7.71. The van der Waals surface area contributed by atoms with E-state index in [0.29, 0.717) is 17.1 Å². The number of rotatable bonds is 3. The average molecular weight is 349 g/mol. The first kappa shape index (κ1) is 17.1. The second-order valence-corrected chi connectivity index (χ2v) is 7.60. The van der Waals surface area contributed by atoms with Crippen molar-refractivity contribution in [1.82, 2.24) is 19.7 Å². The predicted molar refractivity (Wildman–Crippen MR) is 96.3 cm³/mol. The molecule has 1 aliphatic rings. The number of aromatic amines is 1. The topological polar surface area (TPSA) is 40.1 Å². The predicted octanol–water partition coefficient (Wildman–Crippen LogP) is 3.16. The van der Waals surface area contributed by atoms with Gasteiger partial charge in [-0.15, -0.1) is 0 Å². The van der Waals surface area contributed by atoms with Crippen molar-refractivity contribution in [3.05, 3.63) is 40.7 Å². The molecular weight excluding hydrogens is 325 g/mol. The van der Waals surface area contributed by atoms with Crippen LogP contribution in [0.15, 0.2) is 24.3 Å². The van der Waals surface area contributed by atoms with Crippen LogP contribution in [0.25, 0.3) is 0 Å². The van der Waals surface area contributed by atoms with Gasteiger partial charge in [0.1, 0.15) is 11.6 Å². The third kappa shape index (κ3) is 3.67. The molecule has 0 saturated carbocycles. The van der Waals surface area contributed by atoms with Gasteiger partial charge in [0, 0.05) is 31.6 Å². The van der Waals surface area contributed by atoms with E-state index in [1.165, 1.54) is 6.07 Å². The monoisotopic (exact) mass is 349 g/mol. The number of piperazine rings is 1. The van der Waals surface area contributed by atoms with Crippen molar-refractivity contribution in [2.75, 3.05) is 31.1 Å². The van der Waals surface area contributed by atoms with Crippen molar-refractivity contribution >= 4 is 17.9 Å². The quantitative estimate of drug-likeness (QED) is 0.864. The summed E-state index contributed by atoms with van der Waals surface area (Å²) in [6, 6.07) is 6.95. The Hall–Kier alpha value is -1.73. The molecule has 1 aromatic heterocycles. The van der Waals surface area contributed by atoms with Gasteiger partial charge in [0.25, 0.3) is 0 Å². The summed E-state index contributed by atoms with van der Waals surface area (Å²) in [5.41, 5.74) is 0.632. The summed E-state index contributed by atoms with van der Waals surface area (Å²) >= 11 is 5.36. The van der Waals surface area contributed by atoms with Crippen molar-refractivity contribution in [2.45, 2.75) is 32.9 Å². The van der Waals surface area contributed by atoms with Crippen molar-refractivity contribution in [1.29, 1.82) is 0 Å². The highest BCUT2D eigenvalue weighted by atomic mass is 32.1. The molecule has 3 rings (SSSR count). The third-order valence-electron chi connectivity index (χ3n) is 4.30. The fourth-order valence-electron chi connectivity index (χ4n) is 2.83. The Kier molecular flexibility index (Phi) is 4.73. The highest BCUT2D eigenvalue weighted by Gasteiger charge is 2.22. The van der Waals surface area contributed by atoms with Gasteiger partial charge < -0.3 is 4.90 Å². The zero-order valence-corrected chi connectivity index (χ0v) is 15.2. The second-order valence-electron chi connectivity index (χ2n) is 7.23. The van der Waals surface area contributed by atoms with E-state index < -0.39 is 0 Å². The summed E-state index contributed by atoms with van der Waals surface area (Å²) < 4.78 is 16.4. The number of H-pyrrole nitrogens is 1. The molecule has 0 atom stereocenters. The Morgan fingerprint density at radius 2 is 1.83 bits per heavy atom. The molecule has 0 spiro atoms. The minimum atomic E-state index is -0.156. The maximum Gasteiger partial charge on any atom is 0.217 e. The highest BCUT2D eigenvalue weighted by Crippen LogP contribution is 2.21. The van der Waals surface area contributed by atoms with Crippen LogP contribution in [0, 0.1) is 10.6 Å². The van der Waals surface area contributed by atoms with E-state index in [2.05, 4.69) is 40.7 Å². The molecule has 0 radical (unpaired) electrons. The number of nitrogens with one attached hydrogen (secondary N) is 1. The van der Waals surface area contributed by atoms with Gasteiger partial charge in [-0.1, -0.05) is 32.9 Å². The lowest BCUT2D eigenvalue weighted by Crippen LogP contribution is -2.47. The van der Waals surface area contributed by atoms with Crippen molar-refractivity contribution < 1.29 is 4.39 Å². The normalized spacial score (nSPS) is 16.6. The first-order chi connectivity index (χ1) is 11.3. The van der Waals surface area contributed by atoms with E-state index >= 15 is 0 Å². The zero-order valence-electron chi connectivity index (χ0n) is 14.4. The van der Waals surface area contributed by atoms with E-state index in [1.54, 1.807) is 6.07 Å². The van der Waals surface area contributed by atoms with E-state index in [-0.39, 0.29) is 11.2 Å². The number of halogens is 1. The fraction of sp³-hybridized carbons (Fsp3) is 0.529. The van der Waals surface area contributed by atoms with Gasteiger partial charge in [0.2, 0.25) is 4.77 Å². The molecule has 130 valence electrons. The van der Waals surface area contributed by atoms with Gasteiger partial charge in [0.15, 0.2) is 0 Å². The van der Waals surface area contributed by atoms with Gasteiger partial charge in [-0.25, -0.2) is 14.1 Å². The molecule has 24 heavy (non-hydrogen) atoms. The lowest BCUT2D eigenvalue weighted by molar-refractivity contribution is 0.193. The molecule has 0 aliphatic carbocycles. The Labute approximate surface area is 147 Å². The summed E-state index contributed by atoms with van der Waals surface area (Å²) in [7, 11) is 0. The Balaban J connectivity index is 1.63. The Bertz CT molecular complexity index is 753. The van der Waals surface area contributed by atoms with Gasteiger partial charge in [0.05, 0.1) is 12.4 Å². The standard InChI is InChI=1S/C17H24FN5S/c1-17(2,3)15-19-16(24)23(20-15)12-21-8-10-22(11-9-21)14-7-5-4-6-13(14)18/h4-7H,8-12H2,1-3H3,(H,19,20,24). The first-order valence-electron chi connectivity index (χ1n) is 8.24. The van der Waals surface area contributed by atoms with E-state index in [4.69, 9.17) is 12.2 Å². The molecule has 1 aliphatic heterocycles. The molecular formula is C17H24FN5S. The number of aromatic nitrogens is 3. The van der Waals surface area contributed by atoms with Gasteiger partial charge in [-0.05, 0) is 24.4 Å². The number of benzene rings is 1. The second kappa shape index (κ2) is 6.64. The minimum Gasteiger partial charge on any atom is -0.367 e. The lowest BCUT2D eigenvalue weighted by atomic mass is 9.96. The molecule has 2 heterocycles. The number of para-hydroxylation sites is 1. The minimum absolute atomic E-state index is 0.0532. The van der Waals surface area contributed by atoms with Crippen LogP contribution in [0.5, 0.6) is 0 Å². The van der Waals surface area contributed by atoms with Crippen LogP contribution in [0.4, 0.5) is 10.1 Å². The number of hydrogen-bond donors (Lipinski definition) is 1. The number of hydrogen-bond acceptors (Lipinski definition) is 4. The zero-order chi connectivity index (χ0) is 17.3. The molecule has 1 N–H and O–H groups in total. The van der Waals surface area contributed by atoms with Crippen LogP contribution in [-0.2, 0) is 12.1 Å². The van der Waals surface area contributed by atoms with Crippen molar-refractivity contribution in [3.8, 4) is 0 Å². The molecule has 2 aromatic rings. The van der Waals surface area contributed by atoms with Crippen LogP contribution in [0.3, 0.4) is 0 Å². The third-order valence-corrected chi connectivity index (χ3v) is 4.61. The molecule has 0 unspecified atom stereocenters.